The van der Waals surface area contributed by atoms with Gasteiger partial charge in [0.05, 0.1) is 27.8 Å². The molecule has 4 rings (SSSR count). The molecule has 0 spiro atoms. The molecule has 1 saturated heterocycles. The van der Waals surface area contributed by atoms with Crippen LogP contribution in [0.3, 0.4) is 0 Å². The Morgan fingerprint density at radius 1 is 1.19 bits per heavy atom. The number of carbonyl (C=O) groups is 1. The molecular weight excluding hydrogens is 424 g/mol. The largest absolute Gasteiger partial charge is 0.385 e. The van der Waals surface area contributed by atoms with Crippen LogP contribution in [0, 0.1) is 10.1 Å². The SMILES string of the molecule is O=C(Cn1cnc2ccc([N+](=O)[O-])cc2c1=O)N1CCC(O)(c2ccc(Cl)cc2)CC1. The van der Waals surface area contributed by atoms with E-state index in [1.165, 1.54) is 24.5 Å². The minimum Gasteiger partial charge on any atom is -0.385 e. The van der Waals surface area contributed by atoms with Gasteiger partial charge >= 0.3 is 0 Å². The number of carbonyl (C=O) groups excluding carboxylic acids is 1. The molecule has 0 atom stereocenters. The molecule has 2 aromatic carbocycles. The summed E-state index contributed by atoms with van der Waals surface area (Å²) < 4.78 is 1.15. The fraction of sp³-hybridized carbons (Fsp3) is 0.286. The Bertz CT molecular complexity index is 1220. The van der Waals surface area contributed by atoms with Crippen LogP contribution in [0.25, 0.3) is 10.9 Å². The Kier molecular flexibility index (Phi) is 5.47. The molecule has 0 bridgehead atoms. The number of hydrogen-bond donors (Lipinski definition) is 1. The smallest absolute Gasteiger partial charge is 0.270 e. The van der Waals surface area contributed by atoms with Crippen molar-refractivity contribution in [2.24, 2.45) is 0 Å². The molecule has 1 aliphatic rings. The van der Waals surface area contributed by atoms with Crippen molar-refractivity contribution in [2.45, 2.75) is 25.0 Å². The highest BCUT2D eigenvalue weighted by molar-refractivity contribution is 6.30. The monoisotopic (exact) mass is 442 g/mol. The van der Waals surface area contributed by atoms with Crippen LogP contribution in [-0.2, 0) is 16.9 Å². The van der Waals surface area contributed by atoms with Crippen LogP contribution in [0.2, 0.25) is 5.02 Å². The molecule has 1 fully saturated rings. The Hall–Kier alpha value is -3.30. The molecule has 1 aliphatic heterocycles. The van der Waals surface area contributed by atoms with Crippen LogP contribution >= 0.6 is 11.6 Å². The van der Waals surface area contributed by atoms with Gasteiger partial charge in [-0.1, -0.05) is 23.7 Å². The summed E-state index contributed by atoms with van der Waals surface area (Å²) in [7, 11) is 0. The van der Waals surface area contributed by atoms with E-state index in [1.807, 2.05) is 0 Å². The average Bonchev–Trinajstić information content (AvgIpc) is 2.76. The first-order valence-corrected chi connectivity index (χ1v) is 10.0. The second-order valence-electron chi connectivity index (χ2n) is 7.56. The van der Waals surface area contributed by atoms with E-state index in [9.17, 15) is 24.8 Å². The topological polar surface area (TPSA) is 119 Å². The predicted molar refractivity (Wildman–Crippen MR) is 114 cm³/mol. The van der Waals surface area contributed by atoms with E-state index in [0.717, 1.165) is 10.1 Å². The van der Waals surface area contributed by atoms with Crippen LogP contribution in [0.5, 0.6) is 0 Å². The first-order valence-electron chi connectivity index (χ1n) is 9.67. The van der Waals surface area contributed by atoms with Crippen molar-refractivity contribution in [3.05, 3.63) is 79.8 Å². The average molecular weight is 443 g/mol. The molecule has 0 unspecified atom stereocenters. The molecule has 9 nitrogen and oxygen atoms in total. The van der Waals surface area contributed by atoms with Gasteiger partial charge in [-0.15, -0.1) is 0 Å². The number of piperidine rings is 1. The van der Waals surface area contributed by atoms with Crippen molar-refractivity contribution in [1.82, 2.24) is 14.5 Å². The number of non-ortho nitro benzene ring substituents is 1. The molecule has 0 aliphatic carbocycles. The maximum Gasteiger partial charge on any atom is 0.270 e. The highest BCUT2D eigenvalue weighted by atomic mass is 35.5. The lowest BCUT2D eigenvalue weighted by molar-refractivity contribution is -0.384. The van der Waals surface area contributed by atoms with Crippen molar-refractivity contribution in [2.75, 3.05) is 13.1 Å². The molecule has 160 valence electrons. The number of rotatable bonds is 4. The molecular formula is C21H19ClN4O5. The molecule has 2 heterocycles. The summed E-state index contributed by atoms with van der Waals surface area (Å²) in [4.78, 5) is 41.6. The van der Waals surface area contributed by atoms with Gasteiger partial charge in [-0.2, -0.15) is 0 Å². The van der Waals surface area contributed by atoms with Crippen LogP contribution in [0.4, 0.5) is 5.69 Å². The number of nitro groups is 1. The third kappa shape index (κ3) is 4.14. The number of likely N-dealkylation sites (tertiary alicyclic amines) is 1. The van der Waals surface area contributed by atoms with E-state index < -0.39 is 16.1 Å². The lowest BCUT2D eigenvalue weighted by Crippen LogP contribution is -2.46. The van der Waals surface area contributed by atoms with Gasteiger partial charge < -0.3 is 10.0 Å². The second-order valence-corrected chi connectivity index (χ2v) is 7.99. The standard InChI is InChI=1S/C21H19ClN4O5/c22-15-3-1-14(2-4-15)21(29)7-9-24(10-8-21)19(27)12-25-13-23-18-6-5-16(26(30)31)11-17(18)20(25)28/h1-6,11,13,29H,7-10,12H2. The minimum absolute atomic E-state index is 0.0836. The van der Waals surface area contributed by atoms with Crippen LogP contribution in [0.1, 0.15) is 18.4 Å². The first-order chi connectivity index (χ1) is 14.8. The summed E-state index contributed by atoms with van der Waals surface area (Å²) >= 11 is 5.91. The molecule has 3 aromatic rings. The zero-order chi connectivity index (χ0) is 22.2. The fourth-order valence-corrected chi connectivity index (χ4v) is 3.92. The van der Waals surface area contributed by atoms with E-state index in [2.05, 4.69) is 4.98 Å². The molecule has 0 saturated carbocycles. The fourth-order valence-electron chi connectivity index (χ4n) is 3.79. The number of nitrogens with zero attached hydrogens (tertiary/aromatic N) is 4. The number of amides is 1. The summed E-state index contributed by atoms with van der Waals surface area (Å²) in [6.07, 6.45) is 1.98. The summed E-state index contributed by atoms with van der Waals surface area (Å²) in [6, 6.07) is 10.8. The summed E-state index contributed by atoms with van der Waals surface area (Å²) in [5.41, 5.74) is -0.697. The van der Waals surface area contributed by atoms with Crippen molar-refractivity contribution in [3.63, 3.8) is 0 Å². The molecule has 1 amide bonds. The Morgan fingerprint density at radius 3 is 2.52 bits per heavy atom. The normalized spacial score (nSPS) is 15.7. The van der Waals surface area contributed by atoms with Crippen LogP contribution in [-0.4, -0.2) is 43.5 Å². The maximum absolute atomic E-state index is 12.8. The quantitative estimate of drug-likeness (QED) is 0.489. The van der Waals surface area contributed by atoms with E-state index in [-0.39, 0.29) is 23.5 Å². The number of hydrogen-bond acceptors (Lipinski definition) is 6. The van der Waals surface area contributed by atoms with Gasteiger partial charge in [0.25, 0.3) is 11.2 Å². The first kappa shape index (κ1) is 21.0. The summed E-state index contributed by atoms with van der Waals surface area (Å²) in [6.45, 7) is 0.433. The molecule has 0 radical (unpaired) electrons. The Balaban J connectivity index is 1.48. The Morgan fingerprint density at radius 2 is 1.87 bits per heavy atom. The molecule has 1 N–H and O–H groups in total. The second kappa shape index (κ2) is 8.09. The number of benzene rings is 2. The van der Waals surface area contributed by atoms with Crippen molar-refractivity contribution >= 4 is 34.1 Å². The van der Waals surface area contributed by atoms with Crippen molar-refractivity contribution in [1.29, 1.82) is 0 Å². The lowest BCUT2D eigenvalue weighted by Gasteiger charge is -2.38. The van der Waals surface area contributed by atoms with Gasteiger partial charge in [0.15, 0.2) is 0 Å². The number of nitro benzene ring substituents is 1. The van der Waals surface area contributed by atoms with E-state index in [4.69, 9.17) is 11.6 Å². The van der Waals surface area contributed by atoms with Crippen molar-refractivity contribution in [3.8, 4) is 0 Å². The van der Waals surface area contributed by atoms with Crippen LogP contribution < -0.4 is 5.56 Å². The number of halogens is 1. The van der Waals surface area contributed by atoms with E-state index >= 15 is 0 Å². The third-order valence-corrected chi connectivity index (χ3v) is 5.90. The summed E-state index contributed by atoms with van der Waals surface area (Å²) in [5.74, 6) is -0.285. The van der Waals surface area contributed by atoms with Gasteiger partial charge in [0, 0.05) is 30.2 Å². The maximum atomic E-state index is 12.8. The zero-order valence-corrected chi connectivity index (χ0v) is 17.2. The minimum atomic E-state index is -1.04. The van der Waals surface area contributed by atoms with E-state index in [1.54, 1.807) is 29.2 Å². The number of fused-ring (bicyclic) bond motifs is 1. The Labute approximate surface area is 181 Å². The predicted octanol–water partition coefficient (Wildman–Crippen LogP) is 2.47. The van der Waals surface area contributed by atoms with Crippen LogP contribution in [0.15, 0.2) is 53.6 Å². The van der Waals surface area contributed by atoms with Gasteiger partial charge in [0.2, 0.25) is 5.91 Å². The number of aromatic nitrogens is 2. The molecule has 1 aromatic heterocycles. The van der Waals surface area contributed by atoms with E-state index in [0.29, 0.717) is 36.5 Å². The lowest BCUT2D eigenvalue weighted by atomic mass is 9.84. The van der Waals surface area contributed by atoms with Gasteiger partial charge in [-0.25, -0.2) is 4.98 Å². The third-order valence-electron chi connectivity index (χ3n) is 5.65. The van der Waals surface area contributed by atoms with Crippen molar-refractivity contribution < 1.29 is 14.8 Å². The molecule has 31 heavy (non-hydrogen) atoms. The highest BCUT2D eigenvalue weighted by Gasteiger charge is 2.35. The number of aliphatic hydroxyl groups is 1. The van der Waals surface area contributed by atoms with Gasteiger partial charge in [-0.3, -0.25) is 24.3 Å². The summed E-state index contributed by atoms with van der Waals surface area (Å²) in [5, 5.41) is 22.6. The zero-order valence-electron chi connectivity index (χ0n) is 16.4. The van der Waals surface area contributed by atoms with Gasteiger partial charge in [-0.05, 0) is 36.6 Å². The van der Waals surface area contributed by atoms with Gasteiger partial charge in [0.1, 0.15) is 6.54 Å². The highest BCUT2D eigenvalue weighted by Crippen LogP contribution is 2.33. The molecule has 10 heteroatoms.